The summed E-state index contributed by atoms with van der Waals surface area (Å²) in [5, 5.41) is 0. The number of hydrogen-bond donors (Lipinski definition) is 2. The van der Waals surface area contributed by atoms with E-state index >= 15 is 0 Å². The first kappa shape index (κ1) is 12.6. The van der Waals surface area contributed by atoms with Gasteiger partial charge < -0.3 is 10.7 Å². The van der Waals surface area contributed by atoms with Crippen molar-refractivity contribution in [1.82, 2.24) is 9.97 Å². The van der Waals surface area contributed by atoms with Crippen molar-refractivity contribution in [3.63, 3.8) is 0 Å². The predicted octanol–water partition coefficient (Wildman–Crippen LogP) is 4.48. The molecule has 1 aromatic heterocycles. The number of hydrogen-bond acceptors (Lipinski definition) is 2. The number of fused-ring (bicyclic) bond motifs is 1. The molecule has 3 rings (SSSR count). The standard InChI is InChI=1S/C13H8Br2FN3/c14-6-1-2-7(10(17)3-6)13-18-11-4-8(15)9(16)5-12(11)19-13/h1-5H,17H2,(H,18,19). The van der Waals surface area contributed by atoms with Gasteiger partial charge in [-0.05, 0) is 40.2 Å². The summed E-state index contributed by atoms with van der Waals surface area (Å²) in [4.78, 5) is 7.50. The zero-order valence-electron chi connectivity index (χ0n) is 9.55. The Morgan fingerprint density at radius 3 is 2.68 bits per heavy atom. The molecule has 3 N–H and O–H groups in total. The molecule has 3 aromatic rings. The number of benzene rings is 2. The van der Waals surface area contributed by atoms with Gasteiger partial charge in [-0.25, -0.2) is 9.37 Å². The summed E-state index contributed by atoms with van der Waals surface area (Å²) in [6, 6.07) is 8.60. The third-order valence-corrected chi connectivity index (χ3v) is 3.89. The van der Waals surface area contributed by atoms with E-state index in [2.05, 4.69) is 41.8 Å². The van der Waals surface area contributed by atoms with Crippen molar-refractivity contribution in [1.29, 1.82) is 0 Å². The first-order valence-electron chi connectivity index (χ1n) is 5.45. The molecule has 0 bridgehead atoms. The second-order valence-corrected chi connectivity index (χ2v) is 5.87. The molecule has 0 amide bonds. The predicted molar refractivity (Wildman–Crippen MR) is 81.3 cm³/mol. The quantitative estimate of drug-likeness (QED) is 0.608. The van der Waals surface area contributed by atoms with Crippen LogP contribution in [0.15, 0.2) is 39.3 Å². The molecule has 1 heterocycles. The fourth-order valence-electron chi connectivity index (χ4n) is 1.88. The lowest BCUT2D eigenvalue weighted by molar-refractivity contribution is 0.623. The molecular weight excluding hydrogens is 377 g/mol. The molecule has 0 saturated carbocycles. The van der Waals surface area contributed by atoms with Crippen LogP contribution in [0.5, 0.6) is 0 Å². The largest absolute Gasteiger partial charge is 0.398 e. The Morgan fingerprint density at radius 2 is 1.95 bits per heavy atom. The SMILES string of the molecule is Nc1cc(Br)ccc1-c1nc2cc(Br)c(F)cc2[nH]1. The Hall–Kier alpha value is -1.40. The highest BCUT2D eigenvalue weighted by Crippen LogP contribution is 2.29. The molecule has 0 atom stereocenters. The second kappa shape index (κ2) is 4.61. The lowest BCUT2D eigenvalue weighted by Gasteiger charge is -2.02. The zero-order chi connectivity index (χ0) is 13.6. The molecule has 0 radical (unpaired) electrons. The summed E-state index contributed by atoms with van der Waals surface area (Å²) < 4.78 is 14.8. The van der Waals surface area contributed by atoms with Crippen LogP contribution in [0.3, 0.4) is 0 Å². The highest BCUT2D eigenvalue weighted by atomic mass is 79.9. The van der Waals surface area contributed by atoms with Crippen molar-refractivity contribution in [3.05, 3.63) is 45.1 Å². The fourth-order valence-corrected chi connectivity index (χ4v) is 2.59. The smallest absolute Gasteiger partial charge is 0.140 e. The topological polar surface area (TPSA) is 54.7 Å². The monoisotopic (exact) mass is 383 g/mol. The minimum absolute atomic E-state index is 0.327. The molecule has 19 heavy (non-hydrogen) atoms. The van der Waals surface area contributed by atoms with Crippen LogP contribution in [0.25, 0.3) is 22.4 Å². The lowest BCUT2D eigenvalue weighted by atomic mass is 10.2. The summed E-state index contributed by atoms with van der Waals surface area (Å²) >= 11 is 6.50. The van der Waals surface area contributed by atoms with E-state index < -0.39 is 0 Å². The van der Waals surface area contributed by atoms with Crippen molar-refractivity contribution >= 4 is 48.6 Å². The molecule has 2 aromatic carbocycles. The summed E-state index contributed by atoms with van der Waals surface area (Å²) in [5.41, 5.74) is 8.68. The van der Waals surface area contributed by atoms with Crippen LogP contribution in [0.2, 0.25) is 0 Å². The number of nitrogens with one attached hydrogen (secondary N) is 1. The number of aromatic nitrogens is 2. The van der Waals surface area contributed by atoms with Crippen molar-refractivity contribution in [2.24, 2.45) is 0 Å². The van der Waals surface area contributed by atoms with E-state index in [9.17, 15) is 4.39 Å². The van der Waals surface area contributed by atoms with Gasteiger partial charge in [0.2, 0.25) is 0 Å². The van der Waals surface area contributed by atoms with E-state index in [0.717, 1.165) is 10.0 Å². The number of nitrogen functional groups attached to an aromatic ring is 1. The summed E-state index contributed by atoms with van der Waals surface area (Å²) in [7, 11) is 0. The number of aromatic amines is 1. The van der Waals surface area contributed by atoms with Crippen molar-refractivity contribution in [2.75, 3.05) is 5.73 Å². The Labute approximate surface area is 125 Å². The van der Waals surface area contributed by atoms with E-state index in [1.165, 1.54) is 6.07 Å². The minimum atomic E-state index is -0.327. The van der Waals surface area contributed by atoms with Crippen molar-refractivity contribution < 1.29 is 4.39 Å². The van der Waals surface area contributed by atoms with E-state index in [0.29, 0.717) is 27.0 Å². The van der Waals surface area contributed by atoms with Gasteiger partial charge in [-0.2, -0.15) is 0 Å². The zero-order valence-corrected chi connectivity index (χ0v) is 12.7. The molecule has 96 valence electrons. The molecule has 0 aliphatic rings. The number of halogens is 3. The minimum Gasteiger partial charge on any atom is -0.398 e. The van der Waals surface area contributed by atoms with Crippen LogP contribution in [0.4, 0.5) is 10.1 Å². The number of imidazole rings is 1. The van der Waals surface area contributed by atoms with Gasteiger partial charge in [0.15, 0.2) is 0 Å². The third kappa shape index (κ3) is 2.26. The molecule has 0 spiro atoms. The van der Waals surface area contributed by atoms with E-state index in [-0.39, 0.29) is 5.82 Å². The van der Waals surface area contributed by atoms with Crippen LogP contribution < -0.4 is 5.73 Å². The Kier molecular flexibility index (Phi) is 3.06. The number of nitrogens with two attached hydrogens (primary N) is 1. The number of nitrogens with zero attached hydrogens (tertiary/aromatic N) is 1. The summed E-state index contributed by atoms with van der Waals surface area (Å²) in [6.45, 7) is 0. The van der Waals surface area contributed by atoms with Crippen LogP contribution in [0.1, 0.15) is 0 Å². The highest BCUT2D eigenvalue weighted by molar-refractivity contribution is 9.10. The van der Waals surface area contributed by atoms with Crippen LogP contribution >= 0.6 is 31.9 Å². The van der Waals surface area contributed by atoms with Gasteiger partial charge >= 0.3 is 0 Å². The maximum Gasteiger partial charge on any atom is 0.140 e. The summed E-state index contributed by atoms with van der Waals surface area (Å²) in [6.07, 6.45) is 0. The van der Waals surface area contributed by atoms with Crippen molar-refractivity contribution in [3.8, 4) is 11.4 Å². The van der Waals surface area contributed by atoms with Gasteiger partial charge in [0.25, 0.3) is 0 Å². The molecule has 3 nitrogen and oxygen atoms in total. The first-order chi connectivity index (χ1) is 9.04. The van der Waals surface area contributed by atoms with Gasteiger partial charge in [0.1, 0.15) is 11.6 Å². The third-order valence-electron chi connectivity index (χ3n) is 2.79. The molecule has 0 fully saturated rings. The Balaban J connectivity index is 2.20. The maximum atomic E-state index is 13.5. The van der Waals surface area contributed by atoms with Gasteiger partial charge in [-0.15, -0.1) is 0 Å². The first-order valence-corrected chi connectivity index (χ1v) is 7.03. The van der Waals surface area contributed by atoms with E-state index in [1.807, 2.05) is 12.1 Å². The average molecular weight is 385 g/mol. The molecule has 0 unspecified atom stereocenters. The van der Waals surface area contributed by atoms with Gasteiger partial charge in [0, 0.05) is 21.8 Å². The van der Waals surface area contributed by atoms with Gasteiger partial charge in [0.05, 0.1) is 15.5 Å². The average Bonchev–Trinajstić information content (AvgIpc) is 2.72. The van der Waals surface area contributed by atoms with Gasteiger partial charge in [-0.1, -0.05) is 15.9 Å². The van der Waals surface area contributed by atoms with E-state index in [4.69, 9.17) is 5.73 Å². The normalized spacial score (nSPS) is 11.1. The number of rotatable bonds is 1. The second-order valence-electron chi connectivity index (χ2n) is 4.10. The molecular formula is C13H8Br2FN3. The van der Waals surface area contributed by atoms with Crippen molar-refractivity contribution in [2.45, 2.75) is 0 Å². The molecule has 6 heteroatoms. The highest BCUT2D eigenvalue weighted by Gasteiger charge is 2.11. The van der Waals surface area contributed by atoms with E-state index in [1.54, 1.807) is 12.1 Å². The van der Waals surface area contributed by atoms with Crippen LogP contribution in [-0.2, 0) is 0 Å². The molecule has 0 aliphatic carbocycles. The maximum absolute atomic E-state index is 13.5. The number of H-pyrrole nitrogens is 1. The molecule has 0 saturated heterocycles. The van der Waals surface area contributed by atoms with Crippen LogP contribution in [0, 0.1) is 5.82 Å². The summed E-state index contributed by atoms with van der Waals surface area (Å²) in [5.74, 6) is 0.295. The Bertz CT molecular complexity index is 744. The number of anilines is 1. The van der Waals surface area contributed by atoms with Crippen LogP contribution in [-0.4, -0.2) is 9.97 Å². The van der Waals surface area contributed by atoms with Gasteiger partial charge in [-0.3, -0.25) is 0 Å². The fraction of sp³-hybridized carbons (Fsp3) is 0. The molecule has 0 aliphatic heterocycles. The Morgan fingerprint density at radius 1 is 1.16 bits per heavy atom. The lowest BCUT2D eigenvalue weighted by Crippen LogP contribution is -1.91.